The molecule has 0 amide bonds. The molecule has 0 saturated heterocycles. The first-order chi connectivity index (χ1) is 8.38. The Morgan fingerprint density at radius 3 is 2.71 bits per heavy atom. The van der Waals surface area contributed by atoms with Crippen molar-refractivity contribution in [1.29, 1.82) is 0 Å². The molecule has 3 nitrogen and oxygen atoms in total. The molecule has 0 aromatic heterocycles. The van der Waals surface area contributed by atoms with Crippen LogP contribution < -0.4 is 0 Å². The number of rotatable bonds is 6. The van der Waals surface area contributed by atoms with Crippen molar-refractivity contribution < 1.29 is 14.6 Å². The molecule has 0 saturated carbocycles. The first-order valence-corrected chi connectivity index (χ1v) is 5.71. The largest absolute Gasteiger partial charge is 0.384 e. The molecule has 1 aromatic rings. The van der Waals surface area contributed by atoms with Gasteiger partial charge in [-0.15, -0.1) is 0 Å². The average Bonchev–Trinajstić information content (AvgIpc) is 2.37. The first-order valence-electron chi connectivity index (χ1n) is 5.71. The monoisotopic (exact) mass is 234 g/mol. The molecule has 0 unspecified atom stereocenters. The predicted octanol–water partition coefficient (Wildman–Crippen LogP) is 1.58. The van der Waals surface area contributed by atoms with Gasteiger partial charge in [0.15, 0.2) is 0 Å². The summed E-state index contributed by atoms with van der Waals surface area (Å²) in [6.45, 7) is 4.25. The second-order valence-electron chi connectivity index (χ2n) is 3.37. The molecule has 0 bridgehead atoms. The molecule has 0 fully saturated rings. The Morgan fingerprint density at radius 1 is 1.18 bits per heavy atom. The molecule has 1 rings (SSSR count). The van der Waals surface area contributed by atoms with Gasteiger partial charge in [-0.05, 0) is 18.6 Å². The highest BCUT2D eigenvalue weighted by Gasteiger charge is 1.98. The summed E-state index contributed by atoms with van der Waals surface area (Å²) in [6, 6.07) is 7.77. The minimum atomic E-state index is -0.125. The van der Waals surface area contributed by atoms with E-state index in [1.54, 1.807) is 0 Å². The summed E-state index contributed by atoms with van der Waals surface area (Å²) in [7, 11) is 0. The lowest BCUT2D eigenvalue weighted by molar-refractivity contribution is 0.0452. The van der Waals surface area contributed by atoms with Gasteiger partial charge < -0.3 is 14.6 Å². The summed E-state index contributed by atoms with van der Waals surface area (Å²) < 4.78 is 10.7. The summed E-state index contributed by atoms with van der Waals surface area (Å²) in [5.41, 5.74) is 1.93. The van der Waals surface area contributed by atoms with Crippen LogP contribution in [0.3, 0.4) is 0 Å². The van der Waals surface area contributed by atoms with E-state index >= 15 is 0 Å². The van der Waals surface area contributed by atoms with Crippen LogP contribution in [0.1, 0.15) is 18.1 Å². The van der Waals surface area contributed by atoms with Crippen molar-refractivity contribution in [3.05, 3.63) is 35.4 Å². The molecule has 0 aliphatic carbocycles. The van der Waals surface area contributed by atoms with Crippen molar-refractivity contribution >= 4 is 0 Å². The number of hydrogen-bond donors (Lipinski definition) is 1. The van der Waals surface area contributed by atoms with Crippen molar-refractivity contribution in [1.82, 2.24) is 0 Å². The molecule has 1 N–H and O–H groups in total. The molecule has 17 heavy (non-hydrogen) atoms. The number of hydrogen-bond acceptors (Lipinski definition) is 3. The van der Waals surface area contributed by atoms with Gasteiger partial charge in [-0.1, -0.05) is 30.0 Å². The van der Waals surface area contributed by atoms with Gasteiger partial charge in [-0.3, -0.25) is 0 Å². The number of ether oxygens (including phenoxy) is 2. The summed E-state index contributed by atoms with van der Waals surface area (Å²) >= 11 is 0. The third-order valence-electron chi connectivity index (χ3n) is 2.15. The van der Waals surface area contributed by atoms with E-state index in [0.29, 0.717) is 26.4 Å². The fraction of sp³-hybridized carbons (Fsp3) is 0.429. The minimum absolute atomic E-state index is 0.125. The second-order valence-corrected chi connectivity index (χ2v) is 3.37. The van der Waals surface area contributed by atoms with Crippen molar-refractivity contribution in [3.63, 3.8) is 0 Å². The normalized spacial score (nSPS) is 9.76. The first kappa shape index (κ1) is 13.7. The van der Waals surface area contributed by atoms with Gasteiger partial charge in [0.2, 0.25) is 0 Å². The third-order valence-corrected chi connectivity index (χ3v) is 2.15. The Hall–Kier alpha value is -1.34. The van der Waals surface area contributed by atoms with Crippen LogP contribution in [-0.2, 0) is 16.1 Å². The van der Waals surface area contributed by atoms with Crippen LogP contribution in [0.15, 0.2) is 24.3 Å². The highest BCUT2D eigenvalue weighted by molar-refractivity contribution is 5.40. The predicted molar refractivity (Wildman–Crippen MR) is 66.6 cm³/mol. The molecule has 3 heteroatoms. The highest BCUT2D eigenvalue weighted by atomic mass is 16.5. The average molecular weight is 234 g/mol. The van der Waals surface area contributed by atoms with E-state index in [0.717, 1.165) is 11.1 Å². The zero-order valence-corrected chi connectivity index (χ0v) is 10.1. The number of aliphatic hydroxyl groups is 1. The Morgan fingerprint density at radius 2 is 1.94 bits per heavy atom. The summed E-state index contributed by atoms with van der Waals surface area (Å²) in [5.74, 6) is 5.54. The zero-order valence-electron chi connectivity index (χ0n) is 10.1. The standard InChI is InChI=1S/C14H18O3/c1-2-16-10-11-17-12-14-7-4-3-6-13(14)8-5-9-15/h3-4,6-7,15H,2,9-12H2,1H3. The fourth-order valence-electron chi connectivity index (χ4n) is 1.35. The topological polar surface area (TPSA) is 38.7 Å². The van der Waals surface area contributed by atoms with Crippen molar-refractivity contribution in [3.8, 4) is 11.8 Å². The second kappa shape index (κ2) is 8.77. The van der Waals surface area contributed by atoms with E-state index in [9.17, 15) is 0 Å². The van der Waals surface area contributed by atoms with Crippen LogP contribution in [0.5, 0.6) is 0 Å². The maximum Gasteiger partial charge on any atom is 0.104 e. The Labute approximate surface area is 102 Å². The summed E-state index contributed by atoms with van der Waals surface area (Å²) in [6.07, 6.45) is 0. The fourth-order valence-corrected chi connectivity index (χ4v) is 1.35. The van der Waals surface area contributed by atoms with Crippen molar-refractivity contribution in [2.75, 3.05) is 26.4 Å². The Bertz CT molecular complexity index is 377. The van der Waals surface area contributed by atoms with Gasteiger partial charge in [-0.2, -0.15) is 0 Å². The lowest BCUT2D eigenvalue weighted by Crippen LogP contribution is -2.04. The van der Waals surface area contributed by atoms with Gasteiger partial charge in [0.1, 0.15) is 6.61 Å². The van der Waals surface area contributed by atoms with Gasteiger partial charge in [0.05, 0.1) is 19.8 Å². The van der Waals surface area contributed by atoms with Crippen molar-refractivity contribution in [2.45, 2.75) is 13.5 Å². The van der Waals surface area contributed by atoms with E-state index in [-0.39, 0.29) is 6.61 Å². The van der Waals surface area contributed by atoms with Crippen molar-refractivity contribution in [2.24, 2.45) is 0 Å². The Kier molecular flexibility index (Phi) is 7.08. The lowest BCUT2D eigenvalue weighted by Gasteiger charge is -2.06. The van der Waals surface area contributed by atoms with Crippen LogP contribution >= 0.6 is 0 Å². The van der Waals surface area contributed by atoms with Crippen LogP contribution in [0.25, 0.3) is 0 Å². The maximum atomic E-state index is 8.67. The van der Waals surface area contributed by atoms with E-state index in [1.807, 2.05) is 31.2 Å². The van der Waals surface area contributed by atoms with Crippen LogP contribution in [0.2, 0.25) is 0 Å². The van der Waals surface area contributed by atoms with E-state index in [4.69, 9.17) is 14.6 Å². The number of aliphatic hydroxyl groups excluding tert-OH is 1. The quantitative estimate of drug-likeness (QED) is 0.600. The molecule has 92 valence electrons. The van der Waals surface area contributed by atoms with Gasteiger partial charge in [0.25, 0.3) is 0 Å². The molecule has 0 atom stereocenters. The lowest BCUT2D eigenvalue weighted by atomic mass is 10.1. The van der Waals surface area contributed by atoms with Crippen LogP contribution in [0.4, 0.5) is 0 Å². The smallest absolute Gasteiger partial charge is 0.104 e. The molecule has 0 aliphatic heterocycles. The molecule has 0 spiro atoms. The zero-order chi connectivity index (χ0) is 12.3. The molecular weight excluding hydrogens is 216 g/mol. The molecule has 1 aromatic carbocycles. The molecule has 0 aliphatic rings. The maximum absolute atomic E-state index is 8.67. The van der Waals surface area contributed by atoms with E-state index in [2.05, 4.69) is 11.8 Å². The SMILES string of the molecule is CCOCCOCc1ccccc1C#CCO. The third kappa shape index (κ3) is 5.50. The highest BCUT2D eigenvalue weighted by Crippen LogP contribution is 2.08. The van der Waals surface area contributed by atoms with Crippen LogP contribution in [-0.4, -0.2) is 31.5 Å². The van der Waals surface area contributed by atoms with Gasteiger partial charge >= 0.3 is 0 Å². The number of benzene rings is 1. The van der Waals surface area contributed by atoms with Crippen LogP contribution in [0, 0.1) is 11.8 Å². The van der Waals surface area contributed by atoms with E-state index < -0.39 is 0 Å². The molecule has 0 heterocycles. The molecule has 0 radical (unpaired) electrons. The Balaban J connectivity index is 2.46. The van der Waals surface area contributed by atoms with Gasteiger partial charge in [-0.25, -0.2) is 0 Å². The van der Waals surface area contributed by atoms with Gasteiger partial charge in [0, 0.05) is 12.2 Å². The summed E-state index contributed by atoms with van der Waals surface area (Å²) in [4.78, 5) is 0. The summed E-state index contributed by atoms with van der Waals surface area (Å²) in [5, 5.41) is 8.67. The van der Waals surface area contributed by atoms with E-state index in [1.165, 1.54) is 0 Å². The minimum Gasteiger partial charge on any atom is -0.384 e. The molecular formula is C14H18O3.